The molecule has 0 radical (unpaired) electrons. The summed E-state index contributed by atoms with van der Waals surface area (Å²) in [6.07, 6.45) is 11.7. The second-order valence-corrected chi connectivity index (χ2v) is 12.8. The highest BCUT2D eigenvalue weighted by molar-refractivity contribution is 8.02. The van der Waals surface area contributed by atoms with Crippen molar-refractivity contribution in [1.29, 1.82) is 0 Å². The van der Waals surface area contributed by atoms with Crippen LogP contribution in [0.4, 0.5) is 5.82 Å². The number of terminal acetylenes is 1. The van der Waals surface area contributed by atoms with E-state index in [1.807, 2.05) is 40.7 Å². The third-order valence-electron chi connectivity index (χ3n) is 6.91. The second-order valence-electron chi connectivity index (χ2n) is 9.98. The standard InChI is InChI=1S/C30H40Cl2N5O4PS/c1-2-3-4-7-13-38-15-17-40-18-16-39-14-12-36(20-23-8-5-6-9-26(23)31)28-25-19-33-37(29(25)35-30(32)34-28)27-11-10-24(41-27)21-43-22-42/h1,5-6,8-9,19,24,27H,3-4,7,10-18,20-22,42H2. The summed E-state index contributed by atoms with van der Waals surface area (Å²) in [6, 6.07) is 7.77. The fourth-order valence-corrected chi connectivity index (χ4v) is 6.17. The predicted molar refractivity (Wildman–Crippen MR) is 178 cm³/mol. The van der Waals surface area contributed by atoms with Gasteiger partial charge in [0, 0.05) is 42.4 Å². The van der Waals surface area contributed by atoms with E-state index in [-0.39, 0.29) is 17.6 Å². The van der Waals surface area contributed by atoms with Crippen LogP contribution in [0.15, 0.2) is 30.5 Å². The monoisotopic (exact) mass is 667 g/mol. The quantitative estimate of drug-likeness (QED) is 0.0602. The normalized spacial score (nSPS) is 16.6. The van der Waals surface area contributed by atoms with Gasteiger partial charge >= 0.3 is 0 Å². The molecule has 1 fully saturated rings. The van der Waals surface area contributed by atoms with Crippen molar-refractivity contribution in [2.45, 2.75) is 51.0 Å². The highest BCUT2D eigenvalue weighted by atomic mass is 35.5. The summed E-state index contributed by atoms with van der Waals surface area (Å²) in [5.74, 6) is 4.27. The van der Waals surface area contributed by atoms with E-state index in [1.54, 1.807) is 6.20 Å². The smallest absolute Gasteiger partial charge is 0.226 e. The van der Waals surface area contributed by atoms with Gasteiger partial charge in [-0.05, 0) is 48.9 Å². The topological polar surface area (TPSA) is 83.8 Å². The Hall–Kier alpha value is -1.67. The minimum atomic E-state index is -0.189. The van der Waals surface area contributed by atoms with E-state index < -0.39 is 0 Å². The molecule has 1 aliphatic rings. The molecular weight excluding hydrogens is 628 g/mol. The zero-order chi connectivity index (χ0) is 30.3. The Bertz CT molecular complexity index is 1310. The molecule has 0 amide bonds. The summed E-state index contributed by atoms with van der Waals surface area (Å²) >= 11 is 14.9. The van der Waals surface area contributed by atoms with Gasteiger partial charge in [-0.3, -0.25) is 0 Å². The van der Waals surface area contributed by atoms with Crippen molar-refractivity contribution >= 4 is 61.1 Å². The van der Waals surface area contributed by atoms with Crippen LogP contribution in [0.3, 0.4) is 0 Å². The van der Waals surface area contributed by atoms with Gasteiger partial charge in [0.25, 0.3) is 0 Å². The Morgan fingerprint density at radius 3 is 2.58 bits per heavy atom. The van der Waals surface area contributed by atoms with Crippen LogP contribution in [0.2, 0.25) is 10.3 Å². The second kappa shape index (κ2) is 19.0. The SMILES string of the molecule is C#CCCCCOCCOCCOCCN(Cc1ccccc1Cl)c1nc(Cl)nc2c1cnn2C1CCC(CSCP)O1. The van der Waals surface area contributed by atoms with Crippen molar-refractivity contribution in [3.8, 4) is 12.3 Å². The van der Waals surface area contributed by atoms with Crippen LogP contribution in [-0.4, -0.2) is 83.3 Å². The molecule has 3 unspecified atom stereocenters. The molecule has 0 spiro atoms. The van der Waals surface area contributed by atoms with Crippen molar-refractivity contribution in [2.75, 3.05) is 62.3 Å². The molecule has 43 heavy (non-hydrogen) atoms. The number of hydrogen-bond acceptors (Lipinski definition) is 9. The number of rotatable bonds is 20. The number of unbranched alkanes of at least 4 members (excludes halogenated alkanes) is 2. The largest absolute Gasteiger partial charge is 0.379 e. The third kappa shape index (κ3) is 10.7. The average Bonchev–Trinajstić information content (AvgIpc) is 3.65. The zero-order valence-corrected chi connectivity index (χ0v) is 27.8. The number of halogens is 2. The summed E-state index contributed by atoms with van der Waals surface area (Å²) in [7, 11) is 2.74. The van der Waals surface area contributed by atoms with Crippen LogP contribution in [0.25, 0.3) is 11.0 Å². The number of hydrogen-bond donors (Lipinski definition) is 0. The summed E-state index contributed by atoms with van der Waals surface area (Å²) < 4.78 is 25.3. The van der Waals surface area contributed by atoms with Crippen molar-refractivity contribution in [2.24, 2.45) is 0 Å². The van der Waals surface area contributed by atoms with Gasteiger partial charge < -0.3 is 23.8 Å². The maximum Gasteiger partial charge on any atom is 0.226 e. The molecule has 1 aliphatic heterocycles. The molecule has 0 bridgehead atoms. The van der Waals surface area contributed by atoms with Crippen molar-refractivity contribution in [1.82, 2.24) is 19.7 Å². The number of aromatic nitrogens is 4. The number of nitrogens with zero attached hydrogens (tertiary/aromatic N) is 5. The molecule has 3 heterocycles. The van der Waals surface area contributed by atoms with E-state index in [0.29, 0.717) is 69.2 Å². The Balaban J connectivity index is 1.36. The molecule has 1 saturated heterocycles. The Labute approximate surface area is 270 Å². The Morgan fingerprint density at radius 2 is 1.81 bits per heavy atom. The van der Waals surface area contributed by atoms with E-state index in [4.69, 9.17) is 48.6 Å². The minimum Gasteiger partial charge on any atom is -0.379 e. The van der Waals surface area contributed by atoms with Crippen LogP contribution in [0.5, 0.6) is 0 Å². The van der Waals surface area contributed by atoms with Gasteiger partial charge in [0.2, 0.25) is 5.28 Å². The molecule has 9 nitrogen and oxygen atoms in total. The number of fused-ring (bicyclic) bond motifs is 1. The summed E-state index contributed by atoms with van der Waals surface area (Å²) in [5.41, 5.74) is 2.61. The molecule has 0 saturated carbocycles. The van der Waals surface area contributed by atoms with Gasteiger partial charge in [0.05, 0.1) is 50.7 Å². The lowest BCUT2D eigenvalue weighted by molar-refractivity contribution is 0.00786. The van der Waals surface area contributed by atoms with Gasteiger partial charge in [0.15, 0.2) is 11.9 Å². The first-order valence-corrected chi connectivity index (χ1v) is 17.3. The molecule has 3 aromatic rings. The van der Waals surface area contributed by atoms with Crippen LogP contribution in [0, 0.1) is 12.3 Å². The van der Waals surface area contributed by atoms with Gasteiger partial charge in [-0.25, -0.2) is 4.68 Å². The van der Waals surface area contributed by atoms with Crippen LogP contribution >= 0.6 is 44.2 Å². The molecule has 0 N–H and O–H groups in total. The van der Waals surface area contributed by atoms with Gasteiger partial charge in [0.1, 0.15) is 5.82 Å². The molecule has 13 heteroatoms. The van der Waals surface area contributed by atoms with E-state index in [2.05, 4.69) is 35.1 Å². The molecule has 4 rings (SSSR count). The lowest BCUT2D eigenvalue weighted by Crippen LogP contribution is -2.29. The van der Waals surface area contributed by atoms with Crippen LogP contribution in [0.1, 0.15) is 43.9 Å². The van der Waals surface area contributed by atoms with Gasteiger partial charge in [-0.2, -0.15) is 26.8 Å². The minimum absolute atomic E-state index is 0.147. The van der Waals surface area contributed by atoms with Crippen LogP contribution in [-0.2, 0) is 25.5 Å². The predicted octanol–water partition coefficient (Wildman–Crippen LogP) is 6.24. The summed E-state index contributed by atoms with van der Waals surface area (Å²) in [5, 5.41) is 6.30. The fourth-order valence-electron chi connectivity index (χ4n) is 4.77. The van der Waals surface area contributed by atoms with E-state index in [0.717, 1.165) is 54.3 Å². The molecule has 234 valence electrons. The van der Waals surface area contributed by atoms with Gasteiger partial charge in [-0.1, -0.05) is 29.8 Å². The van der Waals surface area contributed by atoms with Crippen molar-refractivity contribution < 1.29 is 18.9 Å². The first-order valence-electron chi connectivity index (χ1n) is 14.6. The summed E-state index contributed by atoms with van der Waals surface area (Å²) in [6.45, 7) is 4.26. The zero-order valence-electron chi connectivity index (χ0n) is 24.3. The third-order valence-corrected chi connectivity index (χ3v) is 9.00. The van der Waals surface area contributed by atoms with Crippen molar-refractivity contribution in [3.63, 3.8) is 0 Å². The number of anilines is 1. The van der Waals surface area contributed by atoms with Crippen molar-refractivity contribution in [3.05, 3.63) is 46.3 Å². The highest BCUT2D eigenvalue weighted by Crippen LogP contribution is 2.34. The molecule has 0 aliphatic carbocycles. The highest BCUT2D eigenvalue weighted by Gasteiger charge is 2.29. The summed E-state index contributed by atoms with van der Waals surface area (Å²) in [4.78, 5) is 11.3. The van der Waals surface area contributed by atoms with E-state index in [1.165, 1.54) is 0 Å². The maximum absolute atomic E-state index is 6.54. The number of benzene rings is 1. The molecular formula is C30H40Cl2N5O4PS. The van der Waals surface area contributed by atoms with Crippen LogP contribution < -0.4 is 4.90 Å². The first-order chi connectivity index (χ1) is 21.1. The lowest BCUT2D eigenvalue weighted by atomic mass is 10.2. The van der Waals surface area contributed by atoms with Gasteiger partial charge in [-0.15, -0.1) is 21.6 Å². The molecule has 1 aromatic carbocycles. The average molecular weight is 669 g/mol. The first kappa shape index (κ1) is 34.2. The fraction of sp³-hybridized carbons (Fsp3) is 0.567. The lowest BCUT2D eigenvalue weighted by Gasteiger charge is -2.25. The van der Waals surface area contributed by atoms with E-state index in [9.17, 15) is 0 Å². The van der Waals surface area contributed by atoms with E-state index >= 15 is 0 Å². The Morgan fingerprint density at radius 1 is 1.05 bits per heavy atom. The number of ether oxygens (including phenoxy) is 4. The number of thioether (sulfide) groups is 1. The maximum atomic E-state index is 6.54. The molecule has 3 atom stereocenters. The molecule has 2 aromatic heterocycles. The Kier molecular flexibility index (Phi) is 15.1.